The number of benzene rings is 3. The quantitative estimate of drug-likeness (QED) is 0.432. The molecule has 1 N–H and O–H groups in total. The summed E-state index contributed by atoms with van der Waals surface area (Å²) in [5, 5.41) is 12.5. The number of carbonyl (C=O) groups excluding carboxylic acids is 1. The average molecular weight is 441 g/mol. The van der Waals surface area contributed by atoms with Crippen molar-refractivity contribution in [1.29, 1.82) is 0 Å². The van der Waals surface area contributed by atoms with Crippen LogP contribution in [0.1, 0.15) is 22.8 Å². The molecule has 0 aliphatic heterocycles. The number of hydrogen-bond acceptors (Lipinski definition) is 4. The first kappa shape index (κ1) is 20.2. The first-order chi connectivity index (χ1) is 14.5. The molecule has 0 fully saturated rings. The van der Waals surface area contributed by atoms with Crippen molar-refractivity contribution in [3.8, 4) is 11.4 Å². The molecule has 0 bridgehead atoms. The van der Waals surface area contributed by atoms with E-state index in [9.17, 15) is 4.79 Å². The lowest BCUT2D eigenvalue weighted by atomic mass is 10.1. The molecule has 0 aliphatic carbocycles. The van der Waals surface area contributed by atoms with Crippen LogP contribution in [0.3, 0.4) is 0 Å². The number of aryl methyl sites for hydroxylation is 1. The molecule has 4 rings (SSSR count). The molecular formula is C22H18Cl2N4O2. The van der Waals surface area contributed by atoms with Gasteiger partial charge in [0.1, 0.15) is 16.8 Å². The number of amides is 1. The van der Waals surface area contributed by atoms with Crippen LogP contribution >= 0.6 is 23.2 Å². The van der Waals surface area contributed by atoms with E-state index in [4.69, 9.17) is 27.9 Å². The summed E-state index contributed by atoms with van der Waals surface area (Å²) in [6.45, 7) is 4.44. The summed E-state index contributed by atoms with van der Waals surface area (Å²) >= 11 is 12.2. The number of ether oxygens (including phenoxy) is 1. The zero-order valence-electron chi connectivity index (χ0n) is 16.3. The second kappa shape index (κ2) is 8.34. The van der Waals surface area contributed by atoms with E-state index in [0.29, 0.717) is 28.4 Å². The van der Waals surface area contributed by atoms with Crippen LogP contribution in [0.2, 0.25) is 10.0 Å². The van der Waals surface area contributed by atoms with Gasteiger partial charge in [-0.2, -0.15) is 4.80 Å². The predicted molar refractivity (Wildman–Crippen MR) is 119 cm³/mol. The van der Waals surface area contributed by atoms with E-state index >= 15 is 0 Å². The summed E-state index contributed by atoms with van der Waals surface area (Å²) in [6.07, 6.45) is 0. The summed E-state index contributed by atoms with van der Waals surface area (Å²) in [5.74, 6) is 0.447. The maximum Gasteiger partial charge on any atom is 0.257 e. The Balaban J connectivity index is 1.63. The van der Waals surface area contributed by atoms with E-state index < -0.39 is 0 Å². The molecule has 8 heteroatoms. The molecule has 3 aromatic carbocycles. The largest absolute Gasteiger partial charge is 0.494 e. The number of carbonyl (C=O) groups is 1. The first-order valence-corrected chi connectivity index (χ1v) is 10.1. The van der Waals surface area contributed by atoms with Crippen molar-refractivity contribution in [2.24, 2.45) is 0 Å². The topological polar surface area (TPSA) is 69.0 Å². The molecule has 152 valence electrons. The number of rotatable bonds is 5. The van der Waals surface area contributed by atoms with Gasteiger partial charge in [0.05, 0.1) is 27.9 Å². The van der Waals surface area contributed by atoms with Crippen molar-refractivity contribution < 1.29 is 9.53 Å². The Morgan fingerprint density at radius 3 is 2.47 bits per heavy atom. The highest BCUT2D eigenvalue weighted by Gasteiger charge is 2.15. The van der Waals surface area contributed by atoms with E-state index in [1.165, 1.54) is 0 Å². The van der Waals surface area contributed by atoms with Crippen molar-refractivity contribution in [3.63, 3.8) is 0 Å². The van der Waals surface area contributed by atoms with Gasteiger partial charge in [-0.05, 0) is 67.9 Å². The molecule has 6 nitrogen and oxygen atoms in total. The molecule has 30 heavy (non-hydrogen) atoms. The van der Waals surface area contributed by atoms with Gasteiger partial charge in [-0.1, -0.05) is 29.3 Å². The van der Waals surface area contributed by atoms with Gasteiger partial charge in [-0.3, -0.25) is 4.79 Å². The molecule has 0 saturated carbocycles. The average Bonchev–Trinajstić information content (AvgIpc) is 3.13. The van der Waals surface area contributed by atoms with E-state index in [0.717, 1.165) is 22.5 Å². The molecule has 1 aromatic heterocycles. The minimum absolute atomic E-state index is 0.219. The Kier molecular flexibility index (Phi) is 5.61. The van der Waals surface area contributed by atoms with Crippen molar-refractivity contribution >= 4 is 45.8 Å². The molecule has 1 heterocycles. The Hall–Kier alpha value is -3.09. The van der Waals surface area contributed by atoms with Crippen LogP contribution in [-0.2, 0) is 0 Å². The fraction of sp³-hybridized carbons (Fsp3) is 0.136. The van der Waals surface area contributed by atoms with E-state index in [-0.39, 0.29) is 10.9 Å². The number of aromatic nitrogens is 3. The summed E-state index contributed by atoms with van der Waals surface area (Å²) in [4.78, 5) is 14.2. The third-order valence-electron chi connectivity index (χ3n) is 4.55. The minimum Gasteiger partial charge on any atom is -0.494 e. The van der Waals surface area contributed by atoms with E-state index in [2.05, 4.69) is 15.5 Å². The second-order valence-electron chi connectivity index (χ2n) is 6.63. The Morgan fingerprint density at radius 1 is 1.07 bits per heavy atom. The van der Waals surface area contributed by atoms with Crippen LogP contribution in [0.15, 0.2) is 54.6 Å². The lowest BCUT2D eigenvalue weighted by Crippen LogP contribution is -2.13. The Labute approximate surface area is 183 Å². The molecular weight excluding hydrogens is 423 g/mol. The fourth-order valence-corrected chi connectivity index (χ4v) is 3.42. The Morgan fingerprint density at radius 2 is 1.77 bits per heavy atom. The highest BCUT2D eigenvalue weighted by Crippen LogP contribution is 2.28. The van der Waals surface area contributed by atoms with Gasteiger partial charge in [-0.25, -0.2) is 0 Å². The van der Waals surface area contributed by atoms with Gasteiger partial charge in [0.15, 0.2) is 0 Å². The normalized spacial score (nSPS) is 10.9. The molecule has 0 unspecified atom stereocenters. The van der Waals surface area contributed by atoms with Crippen LogP contribution in [-0.4, -0.2) is 27.5 Å². The standard InChI is InChI=1S/C22H18Cl2N4O2/c1-3-30-15-9-7-14(8-10-15)28-26-19-11-13(2)18(12-20(19)27-28)25-22(29)16-5-4-6-17(23)21(16)24/h4-12H,3H2,1-2H3,(H,25,29). The third-order valence-corrected chi connectivity index (χ3v) is 5.37. The van der Waals surface area contributed by atoms with Gasteiger partial charge in [0.25, 0.3) is 5.91 Å². The van der Waals surface area contributed by atoms with Gasteiger partial charge in [-0.15, -0.1) is 10.2 Å². The second-order valence-corrected chi connectivity index (χ2v) is 7.41. The lowest BCUT2D eigenvalue weighted by molar-refractivity contribution is 0.102. The van der Waals surface area contributed by atoms with Crippen LogP contribution in [0.4, 0.5) is 5.69 Å². The zero-order valence-corrected chi connectivity index (χ0v) is 17.8. The fourth-order valence-electron chi connectivity index (χ4n) is 3.03. The summed E-state index contributed by atoms with van der Waals surface area (Å²) in [6, 6.07) is 16.1. The maximum atomic E-state index is 12.7. The molecule has 1 amide bonds. The van der Waals surface area contributed by atoms with Gasteiger partial charge in [0, 0.05) is 5.69 Å². The van der Waals surface area contributed by atoms with E-state index in [1.807, 2.05) is 44.2 Å². The van der Waals surface area contributed by atoms with Crippen molar-refractivity contribution in [3.05, 3.63) is 75.8 Å². The predicted octanol–water partition coefficient (Wildman–Crippen LogP) is 5.69. The maximum absolute atomic E-state index is 12.7. The number of nitrogens with zero attached hydrogens (tertiary/aromatic N) is 3. The number of anilines is 1. The van der Waals surface area contributed by atoms with Crippen LogP contribution in [0.5, 0.6) is 5.75 Å². The van der Waals surface area contributed by atoms with Gasteiger partial charge >= 0.3 is 0 Å². The molecule has 0 radical (unpaired) electrons. The van der Waals surface area contributed by atoms with Crippen LogP contribution < -0.4 is 10.1 Å². The smallest absolute Gasteiger partial charge is 0.257 e. The van der Waals surface area contributed by atoms with Gasteiger partial charge < -0.3 is 10.1 Å². The molecule has 0 saturated heterocycles. The molecule has 0 aliphatic rings. The minimum atomic E-state index is -0.344. The summed E-state index contributed by atoms with van der Waals surface area (Å²) in [7, 11) is 0. The lowest BCUT2D eigenvalue weighted by Gasteiger charge is -2.09. The summed E-state index contributed by atoms with van der Waals surface area (Å²) < 4.78 is 5.47. The molecule has 0 spiro atoms. The van der Waals surface area contributed by atoms with Crippen LogP contribution in [0, 0.1) is 6.92 Å². The SMILES string of the molecule is CCOc1ccc(-n2nc3cc(C)c(NC(=O)c4cccc(Cl)c4Cl)cc3n2)cc1. The monoisotopic (exact) mass is 440 g/mol. The summed E-state index contributed by atoms with van der Waals surface area (Å²) in [5.41, 5.74) is 3.97. The number of fused-ring (bicyclic) bond motifs is 1. The Bertz CT molecular complexity index is 1240. The van der Waals surface area contributed by atoms with Crippen molar-refractivity contribution in [2.45, 2.75) is 13.8 Å². The molecule has 0 atom stereocenters. The third kappa shape index (κ3) is 3.97. The first-order valence-electron chi connectivity index (χ1n) is 9.32. The van der Waals surface area contributed by atoms with Crippen molar-refractivity contribution in [1.82, 2.24) is 15.0 Å². The van der Waals surface area contributed by atoms with Crippen molar-refractivity contribution in [2.75, 3.05) is 11.9 Å². The van der Waals surface area contributed by atoms with E-state index in [1.54, 1.807) is 29.1 Å². The number of hydrogen-bond donors (Lipinski definition) is 1. The number of nitrogens with one attached hydrogen (secondary N) is 1. The number of halogens is 2. The molecule has 4 aromatic rings. The zero-order chi connectivity index (χ0) is 21.3. The highest BCUT2D eigenvalue weighted by atomic mass is 35.5. The highest BCUT2D eigenvalue weighted by molar-refractivity contribution is 6.44. The van der Waals surface area contributed by atoms with Gasteiger partial charge in [0.2, 0.25) is 0 Å². The van der Waals surface area contributed by atoms with Crippen LogP contribution in [0.25, 0.3) is 16.7 Å².